The zero-order valence-corrected chi connectivity index (χ0v) is 25.6. The van der Waals surface area contributed by atoms with E-state index in [1.807, 2.05) is 80.1 Å². The Balaban J connectivity index is 1.68. The Morgan fingerprint density at radius 2 is 1.62 bits per heavy atom. The molecule has 226 valence electrons. The number of rotatable bonds is 12. The predicted molar refractivity (Wildman–Crippen MR) is 163 cm³/mol. The first-order chi connectivity index (χ1) is 19.8. The molecule has 0 bridgehead atoms. The number of ether oxygens (including phenoxy) is 2. The second-order valence-electron chi connectivity index (χ2n) is 11.0. The lowest BCUT2D eigenvalue weighted by Crippen LogP contribution is -2.40. The number of carbonyl (C=O) groups is 2. The molecule has 2 amide bonds. The van der Waals surface area contributed by atoms with Crippen LogP contribution in [0.2, 0.25) is 0 Å². The van der Waals surface area contributed by atoms with E-state index in [2.05, 4.69) is 0 Å². The van der Waals surface area contributed by atoms with E-state index in [9.17, 15) is 23.1 Å². The molecule has 3 aromatic rings. The number of aliphatic hydroxyl groups excluding tert-OH is 1. The molecule has 0 radical (unpaired) electrons. The van der Waals surface area contributed by atoms with E-state index >= 15 is 0 Å². The summed E-state index contributed by atoms with van der Waals surface area (Å²) in [6.07, 6.45) is 0.994. The quantitative estimate of drug-likeness (QED) is 0.289. The Labute approximate surface area is 248 Å². The van der Waals surface area contributed by atoms with Gasteiger partial charge in [-0.15, -0.1) is 0 Å². The lowest BCUT2D eigenvalue weighted by molar-refractivity contribution is 0.0142. The van der Waals surface area contributed by atoms with Crippen LogP contribution >= 0.6 is 0 Å². The number of benzene rings is 3. The predicted octanol–water partition coefficient (Wildman–Crippen LogP) is 5.35. The number of carbonyl (C=O) groups excluding carboxylic acids is 2. The van der Waals surface area contributed by atoms with Crippen LogP contribution in [0, 0.1) is 0 Å². The van der Waals surface area contributed by atoms with Gasteiger partial charge in [0.1, 0.15) is 11.4 Å². The number of aliphatic hydroxyl groups is 1. The molecule has 0 aliphatic carbocycles. The van der Waals surface area contributed by atoms with Gasteiger partial charge in [0, 0.05) is 6.54 Å². The molecule has 0 saturated heterocycles. The molecule has 0 unspecified atom stereocenters. The average molecular weight is 597 g/mol. The molecule has 0 aromatic heterocycles. The number of sulfonamides is 1. The number of nitrogens with zero attached hydrogens (tertiary/aromatic N) is 1. The first kappa shape index (κ1) is 32.6. The van der Waals surface area contributed by atoms with Crippen LogP contribution < -0.4 is 9.46 Å². The maximum Gasteiger partial charge on any atom is 0.410 e. The summed E-state index contributed by atoms with van der Waals surface area (Å²) in [7, 11) is -3.71. The van der Waals surface area contributed by atoms with Gasteiger partial charge in [-0.25, -0.2) is 17.9 Å². The fraction of sp³-hybridized carbons (Fsp3) is 0.375. The Hall–Kier alpha value is -3.89. The summed E-state index contributed by atoms with van der Waals surface area (Å²) in [6.45, 7) is 8.07. The van der Waals surface area contributed by atoms with E-state index in [4.69, 9.17) is 9.47 Å². The second kappa shape index (κ2) is 14.3. The monoisotopic (exact) mass is 596 g/mol. The Bertz CT molecular complexity index is 1450. The van der Waals surface area contributed by atoms with Crippen molar-refractivity contribution in [3.8, 4) is 16.9 Å². The van der Waals surface area contributed by atoms with Crippen LogP contribution in [-0.2, 0) is 21.2 Å². The van der Waals surface area contributed by atoms with Crippen LogP contribution in [0.15, 0.2) is 72.8 Å². The number of aryl methyl sites for hydroxylation is 1. The normalized spacial score (nSPS) is 12.3. The van der Waals surface area contributed by atoms with Gasteiger partial charge in [0.2, 0.25) is 10.0 Å². The first-order valence-electron chi connectivity index (χ1n) is 13.8. The van der Waals surface area contributed by atoms with Gasteiger partial charge in [0.25, 0.3) is 5.91 Å². The third kappa shape index (κ3) is 10.2. The van der Waals surface area contributed by atoms with E-state index in [-0.39, 0.29) is 12.1 Å². The van der Waals surface area contributed by atoms with Crippen LogP contribution in [0.3, 0.4) is 0 Å². The second-order valence-corrected chi connectivity index (χ2v) is 12.7. The molecule has 10 heteroatoms. The molecule has 0 aliphatic rings. The molecular formula is C32H40N2O7S. The lowest BCUT2D eigenvalue weighted by Gasteiger charge is -2.29. The van der Waals surface area contributed by atoms with Crippen molar-refractivity contribution in [1.82, 2.24) is 9.62 Å². The van der Waals surface area contributed by atoms with Crippen molar-refractivity contribution in [2.75, 3.05) is 26.0 Å². The van der Waals surface area contributed by atoms with Gasteiger partial charge in [0.15, 0.2) is 0 Å². The number of hydrogen-bond donors (Lipinski definition) is 2. The van der Waals surface area contributed by atoms with E-state index in [0.29, 0.717) is 31.7 Å². The fourth-order valence-electron chi connectivity index (χ4n) is 4.30. The summed E-state index contributed by atoms with van der Waals surface area (Å²) in [5.74, 6) is -0.459. The highest BCUT2D eigenvalue weighted by molar-refractivity contribution is 7.89. The maximum absolute atomic E-state index is 12.9. The van der Waals surface area contributed by atoms with E-state index in [0.717, 1.165) is 28.5 Å². The van der Waals surface area contributed by atoms with Gasteiger partial charge in [-0.1, -0.05) is 60.7 Å². The minimum Gasteiger partial charge on any atom is -0.493 e. The van der Waals surface area contributed by atoms with Gasteiger partial charge in [0.05, 0.1) is 31.1 Å². The standard InChI is InChI=1S/C32H40N2O7S/c1-6-40-29-21-26(18-19-27(29)30(36)33-42(5,38)39)24-16-14-23(15-17-24)11-10-20-34(31(37)41-32(2,3)4)22-28(35)25-12-8-7-9-13-25/h7-9,12-19,21,28,35H,6,10-11,20,22H2,1-5H3,(H,33,36)/t28-/m0/s1. The number of amides is 2. The minimum absolute atomic E-state index is 0.123. The highest BCUT2D eigenvalue weighted by atomic mass is 32.2. The molecule has 0 spiro atoms. The average Bonchev–Trinajstić information content (AvgIpc) is 2.91. The highest BCUT2D eigenvalue weighted by Gasteiger charge is 2.24. The molecule has 1 atom stereocenters. The molecule has 0 heterocycles. The lowest BCUT2D eigenvalue weighted by atomic mass is 10.00. The highest BCUT2D eigenvalue weighted by Crippen LogP contribution is 2.28. The van der Waals surface area contributed by atoms with Crippen molar-refractivity contribution in [2.24, 2.45) is 0 Å². The molecular weight excluding hydrogens is 556 g/mol. The van der Waals surface area contributed by atoms with Crippen molar-refractivity contribution in [1.29, 1.82) is 0 Å². The van der Waals surface area contributed by atoms with Gasteiger partial charge < -0.3 is 19.5 Å². The fourth-order valence-corrected chi connectivity index (χ4v) is 4.75. The molecule has 3 rings (SSSR count). The van der Waals surface area contributed by atoms with Crippen molar-refractivity contribution in [2.45, 2.75) is 52.2 Å². The minimum atomic E-state index is -3.71. The summed E-state index contributed by atoms with van der Waals surface area (Å²) in [6, 6.07) is 22.1. The third-order valence-electron chi connectivity index (χ3n) is 6.21. The molecule has 0 saturated carbocycles. The first-order valence-corrected chi connectivity index (χ1v) is 15.7. The zero-order chi connectivity index (χ0) is 30.9. The van der Waals surface area contributed by atoms with Gasteiger partial charge in [-0.3, -0.25) is 4.79 Å². The maximum atomic E-state index is 12.9. The van der Waals surface area contributed by atoms with Crippen molar-refractivity contribution < 1.29 is 32.6 Å². The summed E-state index contributed by atoms with van der Waals surface area (Å²) < 4.78 is 36.2. The molecule has 42 heavy (non-hydrogen) atoms. The Morgan fingerprint density at radius 3 is 2.21 bits per heavy atom. The Kier molecular flexibility index (Phi) is 11.1. The SMILES string of the molecule is CCOc1cc(-c2ccc(CCCN(C[C@H](O)c3ccccc3)C(=O)OC(C)(C)C)cc2)ccc1C(=O)NS(C)(=O)=O. The van der Waals surface area contributed by atoms with Crippen LogP contribution in [0.25, 0.3) is 11.1 Å². The number of hydrogen-bond acceptors (Lipinski definition) is 7. The van der Waals surface area contributed by atoms with E-state index < -0.39 is 33.7 Å². The topological polar surface area (TPSA) is 122 Å². The van der Waals surface area contributed by atoms with Gasteiger partial charge >= 0.3 is 6.09 Å². The van der Waals surface area contributed by atoms with Crippen LogP contribution in [-0.4, -0.2) is 62.0 Å². The number of nitrogens with one attached hydrogen (secondary N) is 1. The van der Waals surface area contributed by atoms with Crippen LogP contribution in [0.1, 0.15) is 61.7 Å². The summed E-state index contributed by atoms with van der Waals surface area (Å²) in [5.41, 5.74) is 3.00. The third-order valence-corrected chi connectivity index (χ3v) is 6.77. The van der Waals surface area contributed by atoms with Crippen LogP contribution in [0.4, 0.5) is 4.79 Å². The van der Waals surface area contributed by atoms with Crippen LogP contribution in [0.5, 0.6) is 5.75 Å². The molecule has 9 nitrogen and oxygen atoms in total. The molecule has 0 aliphatic heterocycles. The Morgan fingerprint density at radius 1 is 0.976 bits per heavy atom. The molecule has 3 aromatic carbocycles. The molecule has 2 N–H and O–H groups in total. The zero-order valence-electron chi connectivity index (χ0n) is 24.8. The smallest absolute Gasteiger partial charge is 0.410 e. The summed E-state index contributed by atoms with van der Waals surface area (Å²) >= 11 is 0. The van der Waals surface area contributed by atoms with Gasteiger partial charge in [-0.05, 0) is 74.9 Å². The van der Waals surface area contributed by atoms with Crippen molar-refractivity contribution in [3.63, 3.8) is 0 Å². The molecule has 0 fully saturated rings. The van der Waals surface area contributed by atoms with Gasteiger partial charge in [-0.2, -0.15) is 0 Å². The van der Waals surface area contributed by atoms with Crippen molar-refractivity contribution in [3.05, 3.63) is 89.5 Å². The van der Waals surface area contributed by atoms with E-state index in [1.165, 1.54) is 0 Å². The largest absolute Gasteiger partial charge is 0.493 e. The van der Waals surface area contributed by atoms with Crippen molar-refractivity contribution >= 4 is 22.0 Å². The summed E-state index contributed by atoms with van der Waals surface area (Å²) in [5, 5.41) is 10.7. The summed E-state index contributed by atoms with van der Waals surface area (Å²) in [4.78, 5) is 26.9. The van der Waals surface area contributed by atoms with E-state index in [1.54, 1.807) is 30.0 Å².